The molecule has 7 nitrogen and oxygen atoms in total. The fourth-order valence-electron chi connectivity index (χ4n) is 3.50. The van der Waals surface area contributed by atoms with Crippen LogP contribution in [0.4, 0.5) is 0 Å². The van der Waals surface area contributed by atoms with Crippen LogP contribution in [-0.2, 0) is 16.6 Å². The van der Waals surface area contributed by atoms with E-state index in [-0.39, 0.29) is 18.4 Å². The maximum atomic E-state index is 12.9. The predicted molar refractivity (Wildman–Crippen MR) is 120 cm³/mol. The minimum Gasteiger partial charge on any atom is -0.286 e. The van der Waals surface area contributed by atoms with Gasteiger partial charge in [0.1, 0.15) is 0 Å². The second-order valence-corrected chi connectivity index (χ2v) is 9.79. The van der Waals surface area contributed by atoms with E-state index in [0.717, 1.165) is 37.5 Å². The quantitative estimate of drug-likeness (QED) is 0.626. The van der Waals surface area contributed by atoms with E-state index in [2.05, 4.69) is 9.71 Å². The molecule has 0 spiro atoms. The third-order valence-electron chi connectivity index (χ3n) is 5.18. The van der Waals surface area contributed by atoms with Gasteiger partial charge in [-0.2, -0.15) is 12.7 Å². The molecule has 0 aliphatic heterocycles. The van der Waals surface area contributed by atoms with Crippen molar-refractivity contribution in [3.05, 3.63) is 54.0 Å². The van der Waals surface area contributed by atoms with E-state index in [1.807, 2.05) is 51.2 Å². The van der Waals surface area contributed by atoms with Gasteiger partial charge in [-0.05, 0) is 47.7 Å². The molecule has 30 heavy (non-hydrogen) atoms. The third-order valence-corrected chi connectivity index (χ3v) is 6.72. The Balaban J connectivity index is 2.07. The molecule has 0 atom stereocenters. The van der Waals surface area contributed by atoms with Crippen molar-refractivity contribution in [3.8, 4) is 11.1 Å². The summed E-state index contributed by atoms with van der Waals surface area (Å²) in [5.74, 6) is -0.153. The smallest absolute Gasteiger partial charge is 0.278 e. The number of hydrogen-bond acceptors (Lipinski definition) is 4. The van der Waals surface area contributed by atoms with Gasteiger partial charge in [-0.1, -0.05) is 26.0 Å². The van der Waals surface area contributed by atoms with Gasteiger partial charge in [0.05, 0.1) is 5.52 Å². The summed E-state index contributed by atoms with van der Waals surface area (Å²) in [6.07, 6.45) is 5.83. The summed E-state index contributed by atoms with van der Waals surface area (Å²) < 4.78 is 29.4. The van der Waals surface area contributed by atoms with Gasteiger partial charge < -0.3 is 0 Å². The molecule has 0 saturated heterocycles. The molecule has 1 N–H and O–H groups in total. The summed E-state index contributed by atoms with van der Waals surface area (Å²) in [6.45, 7) is 6.02. The lowest BCUT2D eigenvalue weighted by Crippen LogP contribution is -2.36. The zero-order chi connectivity index (χ0) is 22.1. The van der Waals surface area contributed by atoms with Gasteiger partial charge in [-0.25, -0.2) is 4.72 Å². The van der Waals surface area contributed by atoms with Crippen molar-refractivity contribution in [2.45, 2.75) is 27.2 Å². The van der Waals surface area contributed by atoms with E-state index in [0.29, 0.717) is 6.42 Å². The van der Waals surface area contributed by atoms with Crippen molar-refractivity contribution in [2.24, 2.45) is 5.92 Å². The number of aromatic nitrogens is 2. The second-order valence-electron chi connectivity index (χ2n) is 7.82. The lowest BCUT2D eigenvalue weighted by atomic mass is 9.97. The topological polar surface area (TPSA) is 84.3 Å². The van der Waals surface area contributed by atoms with Crippen molar-refractivity contribution in [3.63, 3.8) is 0 Å². The van der Waals surface area contributed by atoms with Gasteiger partial charge >= 0.3 is 0 Å². The van der Waals surface area contributed by atoms with Crippen LogP contribution < -0.4 is 4.72 Å². The van der Waals surface area contributed by atoms with Crippen LogP contribution in [0.5, 0.6) is 0 Å². The number of benzene rings is 1. The standard InChI is InChI=1S/C22H28N4O3S/c1-15(2)22(27)26-14-18(10-13-24-30(28,29)25(4)5)20-7-6-19(16(3)21(20)26)17-8-11-23-12-9-17/h6-9,11-12,14-15,24H,10,13H2,1-5H3. The molecule has 0 fully saturated rings. The summed E-state index contributed by atoms with van der Waals surface area (Å²) in [6, 6.07) is 7.95. The molecule has 3 aromatic rings. The van der Waals surface area contributed by atoms with Gasteiger partial charge in [-0.3, -0.25) is 14.3 Å². The average Bonchev–Trinajstić information content (AvgIpc) is 3.07. The molecule has 0 saturated carbocycles. The molecule has 160 valence electrons. The first-order chi connectivity index (χ1) is 14.1. The Kier molecular flexibility index (Phi) is 6.40. The summed E-state index contributed by atoms with van der Waals surface area (Å²) in [5, 5.41) is 0.961. The number of nitrogens with one attached hydrogen (secondary N) is 1. The molecule has 3 rings (SSSR count). The van der Waals surface area contributed by atoms with E-state index in [4.69, 9.17) is 0 Å². The minimum atomic E-state index is -3.49. The summed E-state index contributed by atoms with van der Waals surface area (Å²) >= 11 is 0. The molecule has 0 unspecified atom stereocenters. The largest absolute Gasteiger partial charge is 0.286 e. The van der Waals surface area contributed by atoms with Crippen LogP contribution in [0.2, 0.25) is 0 Å². The Labute approximate surface area is 177 Å². The third kappa shape index (κ3) is 4.30. The Morgan fingerprint density at radius 2 is 1.83 bits per heavy atom. The number of rotatable bonds is 7. The van der Waals surface area contributed by atoms with Gasteiger partial charge in [0.25, 0.3) is 10.2 Å². The number of hydrogen-bond donors (Lipinski definition) is 1. The second kappa shape index (κ2) is 8.67. The number of aryl methyl sites for hydroxylation is 1. The number of carbonyl (C=O) groups excluding carboxylic acids is 1. The monoisotopic (exact) mass is 428 g/mol. The maximum absolute atomic E-state index is 12.9. The van der Waals surface area contributed by atoms with E-state index in [9.17, 15) is 13.2 Å². The molecule has 0 radical (unpaired) electrons. The Morgan fingerprint density at radius 1 is 1.17 bits per heavy atom. The molecule has 0 bridgehead atoms. The normalized spacial score (nSPS) is 12.2. The zero-order valence-electron chi connectivity index (χ0n) is 18.0. The van der Waals surface area contributed by atoms with Gasteiger partial charge in [0.15, 0.2) is 0 Å². The van der Waals surface area contributed by atoms with Gasteiger partial charge in [-0.15, -0.1) is 0 Å². The molecule has 2 aromatic heterocycles. The molecule has 0 aliphatic carbocycles. The van der Waals surface area contributed by atoms with Gasteiger partial charge in [0, 0.05) is 50.5 Å². The van der Waals surface area contributed by atoms with Crippen molar-refractivity contribution in [1.82, 2.24) is 18.6 Å². The number of nitrogens with zero attached hydrogens (tertiary/aromatic N) is 3. The first-order valence-electron chi connectivity index (χ1n) is 9.88. The highest BCUT2D eigenvalue weighted by Gasteiger charge is 2.20. The Morgan fingerprint density at radius 3 is 2.43 bits per heavy atom. The number of fused-ring (bicyclic) bond motifs is 1. The fourth-order valence-corrected chi connectivity index (χ4v) is 4.12. The van der Waals surface area contributed by atoms with Crippen molar-refractivity contribution >= 4 is 27.0 Å². The van der Waals surface area contributed by atoms with E-state index in [1.54, 1.807) is 17.0 Å². The molecular weight excluding hydrogens is 400 g/mol. The summed E-state index contributed by atoms with van der Waals surface area (Å²) in [7, 11) is -0.521. The van der Waals surface area contributed by atoms with Gasteiger partial charge in [0.2, 0.25) is 5.91 Å². The first-order valence-corrected chi connectivity index (χ1v) is 11.3. The molecule has 0 aliphatic rings. The van der Waals surface area contributed by atoms with Crippen molar-refractivity contribution < 1.29 is 13.2 Å². The Bertz CT molecular complexity index is 1170. The fraction of sp³-hybridized carbons (Fsp3) is 0.364. The SMILES string of the molecule is Cc1c(-c2ccncc2)ccc2c(CCNS(=O)(=O)N(C)C)cn(C(=O)C(C)C)c12. The van der Waals surface area contributed by atoms with Crippen LogP contribution >= 0.6 is 0 Å². The van der Waals surface area contributed by atoms with Crippen molar-refractivity contribution in [2.75, 3.05) is 20.6 Å². The van der Waals surface area contributed by atoms with E-state index < -0.39 is 10.2 Å². The van der Waals surface area contributed by atoms with Crippen LogP contribution in [0.1, 0.15) is 29.8 Å². The van der Waals surface area contributed by atoms with Crippen LogP contribution in [0.25, 0.3) is 22.0 Å². The summed E-state index contributed by atoms with van der Waals surface area (Å²) in [5.41, 5.74) is 4.89. The molecule has 1 aromatic carbocycles. The number of pyridine rings is 1. The number of carbonyl (C=O) groups is 1. The van der Waals surface area contributed by atoms with Crippen LogP contribution in [0.15, 0.2) is 42.9 Å². The van der Waals surface area contributed by atoms with Crippen molar-refractivity contribution in [1.29, 1.82) is 0 Å². The van der Waals surface area contributed by atoms with Crippen LogP contribution in [0.3, 0.4) is 0 Å². The maximum Gasteiger partial charge on any atom is 0.278 e. The van der Waals surface area contributed by atoms with E-state index in [1.165, 1.54) is 14.1 Å². The molecule has 8 heteroatoms. The van der Waals surface area contributed by atoms with Crippen LogP contribution in [0, 0.1) is 12.8 Å². The molecule has 2 heterocycles. The summed E-state index contributed by atoms with van der Waals surface area (Å²) in [4.78, 5) is 17.0. The lowest BCUT2D eigenvalue weighted by Gasteiger charge is -2.12. The van der Waals surface area contributed by atoms with E-state index >= 15 is 0 Å². The van der Waals surface area contributed by atoms with Crippen LogP contribution in [-0.4, -0.2) is 48.8 Å². The average molecular weight is 429 g/mol. The molecular formula is C22H28N4O3S. The predicted octanol–water partition coefficient (Wildman–Crippen LogP) is 3.25. The Hall–Kier alpha value is -2.55. The lowest BCUT2D eigenvalue weighted by molar-refractivity contribution is 0.0860. The highest BCUT2D eigenvalue weighted by molar-refractivity contribution is 7.87. The molecule has 0 amide bonds. The highest BCUT2D eigenvalue weighted by Crippen LogP contribution is 2.33. The first kappa shape index (κ1) is 22.1. The minimum absolute atomic E-state index is 0.00935. The zero-order valence-corrected chi connectivity index (χ0v) is 18.8. The highest BCUT2D eigenvalue weighted by atomic mass is 32.2.